The molecule has 0 aliphatic heterocycles. The molecule has 2 nitrogen and oxygen atoms in total. The summed E-state index contributed by atoms with van der Waals surface area (Å²) in [6.07, 6.45) is 6.24. The molecule has 0 unspecified atom stereocenters. The van der Waals surface area contributed by atoms with Gasteiger partial charge in [-0.3, -0.25) is 0 Å². The first-order valence-electron chi connectivity index (χ1n) is 6.99. The molecule has 128 valence electrons. The van der Waals surface area contributed by atoms with Crippen molar-refractivity contribution in [3.63, 3.8) is 0 Å². The normalized spacial score (nSPS) is 10.7. The summed E-state index contributed by atoms with van der Waals surface area (Å²) < 4.78 is 4.88. The summed E-state index contributed by atoms with van der Waals surface area (Å²) in [5.74, 6) is -0.371. The number of ether oxygens (including phenoxy) is 1. The molecule has 0 amide bonds. The molecule has 0 radical (unpaired) electrons. The largest absolute Gasteiger partial charge is 2.00 e. The maximum absolute atomic E-state index is 11.4. The van der Waals surface area contributed by atoms with Gasteiger partial charge in [0.25, 0.3) is 0 Å². The smallest absolute Gasteiger partial charge is 0.463 e. The van der Waals surface area contributed by atoms with Gasteiger partial charge < -0.3 is 12.2 Å². The Hall–Kier alpha value is -1.66. The Morgan fingerprint density at radius 3 is 2.42 bits per heavy atom. The summed E-state index contributed by atoms with van der Waals surface area (Å²) in [7, 11) is 0. The molecule has 0 atom stereocenters. The molecule has 2 rings (SSSR count). The quantitative estimate of drug-likeness (QED) is 0.215. The van der Waals surface area contributed by atoms with Crippen molar-refractivity contribution in [3.8, 4) is 0 Å². The predicted octanol–water partition coefficient (Wildman–Crippen LogP) is 5.14. The van der Waals surface area contributed by atoms with Crippen LogP contribution in [0.1, 0.15) is 23.6 Å². The second-order valence-corrected chi connectivity index (χ2v) is 4.86. The Balaban J connectivity index is 0.00000264. The topological polar surface area (TPSA) is 26.3 Å². The molecular weight excluding hydrogens is 414 g/mol. The van der Waals surface area contributed by atoms with Gasteiger partial charge in [-0.25, -0.2) is 4.79 Å². The standard InChI is InChI=1S/C19H16ClO2.CH3.Pd/c1-2-22-19(21)13-12-16-10-6-7-11-17(16)18(20)14-15-8-4-3-5-9-15;;/h3-13H,2H2,1H3;1H3;/q2*-1;+2/b13-12+;;. The van der Waals surface area contributed by atoms with Gasteiger partial charge in [-0.2, -0.15) is 0 Å². The van der Waals surface area contributed by atoms with Gasteiger partial charge >= 0.3 is 26.4 Å². The molecule has 24 heavy (non-hydrogen) atoms. The Morgan fingerprint density at radius 2 is 1.75 bits per heavy atom. The first-order valence-corrected chi connectivity index (χ1v) is 7.37. The van der Waals surface area contributed by atoms with E-state index in [1.165, 1.54) is 6.08 Å². The molecule has 0 fully saturated rings. The maximum atomic E-state index is 11.4. The van der Waals surface area contributed by atoms with Crippen molar-refractivity contribution in [1.82, 2.24) is 0 Å². The van der Waals surface area contributed by atoms with Gasteiger partial charge in [-0.15, -0.1) is 47.5 Å². The Bertz CT molecular complexity index is 694. The Kier molecular flexibility index (Phi) is 11.0. The zero-order valence-corrected chi connectivity index (χ0v) is 15.9. The number of carbonyl (C=O) groups excluding carboxylic acids is 1. The molecule has 0 bridgehead atoms. The molecule has 0 saturated heterocycles. The number of benzene rings is 2. The summed E-state index contributed by atoms with van der Waals surface area (Å²) in [5.41, 5.74) is 2.55. The van der Waals surface area contributed by atoms with E-state index in [0.29, 0.717) is 11.6 Å². The second kappa shape index (κ2) is 11.8. The van der Waals surface area contributed by atoms with Crippen LogP contribution in [0.5, 0.6) is 0 Å². The summed E-state index contributed by atoms with van der Waals surface area (Å²) in [4.78, 5) is 11.4. The second-order valence-electron chi connectivity index (χ2n) is 4.48. The minimum Gasteiger partial charge on any atom is -0.463 e. The third kappa shape index (κ3) is 6.85. The average Bonchev–Trinajstić information content (AvgIpc) is 2.54. The van der Waals surface area contributed by atoms with Crippen molar-refractivity contribution in [2.45, 2.75) is 6.92 Å². The van der Waals surface area contributed by atoms with Gasteiger partial charge in [0.05, 0.1) is 6.61 Å². The molecule has 0 aliphatic carbocycles. The number of hydrogen-bond acceptors (Lipinski definition) is 2. The summed E-state index contributed by atoms with van der Waals surface area (Å²) in [6.45, 7) is 2.13. The molecular formula is C20H19ClO2Pd. The SMILES string of the molecule is CCOC(=O)/C=C/c1ccccc1C(Cl)=[C-]c1ccccc1.[CH3-].[Pd+2]. The van der Waals surface area contributed by atoms with Gasteiger partial charge in [-0.1, -0.05) is 47.5 Å². The Labute approximate surface area is 162 Å². The number of carbonyl (C=O) groups is 1. The molecule has 4 heteroatoms. The van der Waals surface area contributed by atoms with E-state index < -0.39 is 0 Å². The summed E-state index contributed by atoms with van der Waals surface area (Å²) in [5, 5.41) is 0.496. The molecule has 0 N–H and O–H groups in total. The first kappa shape index (κ1) is 22.3. The van der Waals surface area contributed by atoms with E-state index in [9.17, 15) is 4.79 Å². The van der Waals surface area contributed by atoms with E-state index in [2.05, 4.69) is 6.08 Å². The number of rotatable bonds is 5. The maximum Gasteiger partial charge on any atom is 2.00 e. The molecule has 2 aromatic rings. The predicted molar refractivity (Wildman–Crippen MR) is 96.6 cm³/mol. The fourth-order valence-corrected chi connectivity index (χ4v) is 2.19. The molecule has 0 spiro atoms. The number of halogens is 1. The van der Waals surface area contributed by atoms with Gasteiger partial charge in [0.15, 0.2) is 0 Å². The van der Waals surface area contributed by atoms with Crippen molar-refractivity contribution in [1.29, 1.82) is 0 Å². The monoisotopic (exact) mass is 432 g/mol. The first-order chi connectivity index (χ1) is 10.7. The zero-order valence-electron chi connectivity index (χ0n) is 13.6. The Morgan fingerprint density at radius 1 is 1.12 bits per heavy atom. The number of esters is 1. The molecule has 0 aliphatic rings. The van der Waals surface area contributed by atoms with Crippen LogP contribution in [0.15, 0.2) is 60.7 Å². The number of hydrogen-bond donors (Lipinski definition) is 0. The average molecular weight is 433 g/mol. The minimum absolute atomic E-state index is 0. The van der Waals surface area contributed by atoms with Gasteiger partial charge in [0.2, 0.25) is 0 Å². The minimum atomic E-state index is -0.371. The molecule has 0 saturated carbocycles. The van der Waals surface area contributed by atoms with E-state index in [4.69, 9.17) is 16.3 Å². The fourth-order valence-electron chi connectivity index (χ4n) is 1.91. The third-order valence-corrected chi connectivity index (χ3v) is 3.21. The van der Waals surface area contributed by atoms with E-state index in [1.54, 1.807) is 13.0 Å². The van der Waals surface area contributed by atoms with Crippen LogP contribution >= 0.6 is 11.6 Å². The van der Waals surface area contributed by atoms with Gasteiger partial charge in [-0.05, 0) is 12.0 Å². The summed E-state index contributed by atoms with van der Waals surface area (Å²) >= 11 is 6.38. The van der Waals surface area contributed by atoms with E-state index in [-0.39, 0.29) is 33.8 Å². The fraction of sp³-hybridized carbons (Fsp3) is 0.100. The van der Waals surface area contributed by atoms with Crippen LogP contribution in [0.3, 0.4) is 0 Å². The van der Waals surface area contributed by atoms with Crippen LogP contribution in [-0.2, 0) is 30.0 Å². The van der Waals surface area contributed by atoms with E-state index in [0.717, 1.165) is 16.7 Å². The van der Waals surface area contributed by atoms with Crippen molar-refractivity contribution < 1.29 is 30.0 Å². The third-order valence-electron chi connectivity index (χ3n) is 2.91. The van der Waals surface area contributed by atoms with Crippen LogP contribution < -0.4 is 0 Å². The molecule has 0 aromatic heterocycles. The van der Waals surface area contributed by atoms with Crippen molar-refractivity contribution >= 4 is 28.7 Å². The summed E-state index contributed by atoms with van der Waals surface area (Å²) in [6, 6.07) is 17.2. The van der Waals surface area contributed by atoms with Crippen molar-refractivity contribution in [2.75, 3.05) is 6.61 Å². The van der Waals surface area contributed by atoms with Crippen LogP contribution in [0.25, 0.3) is 11.1 Å². The van der Waals surface area contributed by atoms with Crippen LogP contribution in [0, 0.1) is 13.5 Å². The van der Waals surface area contributed by atoms with Crippen LogP contribution in [0.2, 0.25) is 0 Å². The van der Waals surface area contributed by atoms with Gasteiger partial charge in [0.1, 0.15) is 0 Å². The van der Waals surface area contributed by atoms with Crippen molar-refractivity contribution in [2.24, 2.45) is 0 Å². The van der Waals surface area contributed by atoms with E-state index in [1.807, 2.05) is 54.6 Å². The molecule has 2 aromatic carbocycles. The zero-order chi connectivity index (χ0) is 15.8. The molecule has 0 heterocycles. The van der Waals surface area contributed by atoms with Crippen LogP contribution in [0.4, 0.5) is 0 Å². The van der Waals surface area contributed by atoms with E-state index >= 15 is 0 Å². The van der Waals surface area contributed by atoms with Gasteiger partial charge in [0, 0.05) is 6.08 Å². The van der Waals surface area contributed by atoms with Crippen molar-refractivity contribution in [3.05, 3.63) is 90.9 Å². The van der Waals surface area contributed by atoms with Crippen LogP contribution in [-0.4, -0.2) is 12.6 Å².